The zero-order valence-corrected chi connectivity index (χ0v) is 15.5. The van der Waals surface area contributed by atoms with Gasteiger partial charge in [0.15, 0.2) is 0 Å². The van der Waals surface area contributed by atoms with Crippen molar-refractivity contribution in [3.05, 3.63) is 60.1 Å². The Kier molecular flexibility index (Phi) is 4.95. The number of carbonyl (C=O) groups excluding carboxylic acids is 1. The molecule has 28 heavy (non-hydrogen) atoms. The highest BCUT2D eigenvalue weighted by Gasteiger charge is 2.31. The molecule has 1 fully saturated rings. The van der Waals surface area contributed by atoms with Crippen LogP contribution in [0.15, 0.2) is 42.7 Å². The predicted octanol–water partition coefficient (Wildman–Crippen LogP) is 2.54. The largest absolute Gasteiger partial charge is 0.385 e. The molecule has 2 N–H and O–H groups in total. The highest BCUT2D eigenvalue weighted by molar-refractivity contribution is 5.93. The lowest BCUT2D eigenvalue weighted by atomic mass is 9.90. The summed E-state index contributed by atoms with van der Waals surface area (Å²) in [4.78, 5) is 18.7. The number of nitrogens with one attached hydrogen (secondary N) is 1. The molecule has 8 heteroatoms. The van der Waals surface area contributed by atoms with E-state index >= 15 is 0 Å². The maximum absolute atomic E-state index is 13.9. The fraction of sp³-hybridized carbons (Fsp3) is 0.350. The third kappa shape index (κ3) is 3.43. The number of imidazole rings is 1. The third-order valence-corrected chi connectivity index (χ3v) is 5.35. The second kappa shape index (κ2) is 7.55. The van der Waals surface area contributed by atoms with Crippen LogP contribution in [0.4, 0.5) is 4.39 Å². The minimum atomic E-state index is -0.642. The lowest BCUT2D eigenvalue weighted by molar-refractivity contribution is 0.0417. The SMILES string of the molecule is Cn1ccnc1[C@H](O)C1CCN(C(=O)c2cc(-c3ccccc3F)n[nH]2)CC1. The molecule has 146 valence electrons. The first-order valence-electron chi connectivity index (χ1n) is 9.29. The molecule has 1 amide bonds. The molecule has 1 saturated heterocycles. The summed E-state index contributed by atoms with van der Waals surface area (Å²) in [6.07, 6.45) is 4.21. The molecular formula is C20H22FN5O2. The molecular weight excluding hydrogens is 361 g/mol. The number of piperidine rings is 1. The Morgan fingerprint density at radius 3 is 2.75 bits per heavy atom. The summed E-state index contributed by atoms with van der Waals surface area (Å²) in [6, 6.07) is 7.91. The fourth-order valence-electron chi connectivity index (χ4n) is 3.70. The molecule has 0 saturated carbocycles. The van der Waals surface area contributed by atoms with Crippen LogP contribution >= 0.6 is 0 Å². The molecule has 0 bridgehead atoms. The van der Waals surface area contributed by atoms with Crippen molar-refractivity contribution in [2.45, 2.75) is 18.9 Å². The van der Waals surface area contributed by atoms with E-state index in [2.05, 4.69) is 15.2 Å². The smallest absolute Gasteiger partial charge is 0.271 e. The molecule has 0 unspecified atom stereocenters. The Balaban J connectivity index is 1.41. The number of rotatable bonds is 4. The number of likely N-dealkylation sites (tertiary alicyclic amines) is 1. The summed E-state index contributed by atoms with van der Waals surface area (Å²) in [6.45, 7) is 1.08. The maximum Gasteiger partial charge on any atom is 0.271 e. The van der Waals surface area contributed by atoms with E-state index in [1.54, 1.807) is 35.4 Å². The van der Waals surface area contributed by atoms with Gasteiger partial charge in [-0.25, -0.2) is 9.37 Å². The van der Waals surface area contributed by atoms with Crippen LogP contribution in [-0.2, 0) is 7.05 Å². The van der Waals surface area contributed by atoms with E-state index in [-0.39, 0.29) is 17.6 Å². The van der Waals surface area contributed by atoms with E-state index in [4.69, 9.17) is 0 Å². The number of aliphatic hydroxyl groups excluding tert-OH is 1. The van der Waals surface area contributed by atoms with Crippen LogP contribution in [0.3, 0.4) is 0 Å². The Bertz CT molecular complexity index is 974. The van der Waals surface area contributed by atoms with Crippen LogP contribution in [0.1, 0.15) is 35.3 Å². The van der Waals surface area contributed by atoms with Crippen LogP contribution in [0.5, 0.6) is 0 Å². The van der Waals surface area contributed by atoms with Crippen molar-refractivity contribution in [1.82, 2.24) is 24.6 Å². The average Bonchev–Trinajstić information content (AvgIpc) is 3.37. The van der Waals surface area contributed by atoms with Gasteiger partial charge in [-0.3, -0.25) is 9.89 Å². The van der Waals surface area contributed by atoms with E-state index in [0.29, 0.717) is 48.7 Å². The molecule has 3 heterocycles. The van der Waals surface area contributed by atoms with Crippen LogP contribution < -0.4 is 0 Å². The number of H-pyrrole nitrogens is 1. The first kappa shape index (κ1) is 18.4. The molecule has 7 nitrogen and oxygen atoms in total. The summed E-state index contributed by atoms with van der Waals surface area (Å²) in [5.74, 6) is 0.158. The lowest BCUT2D eigenvalue weighted by Crippen LogP contribution is -2.40. The van der Waals surface area contributed by atoms with Crippen LogP contribution in [-0.4, -0.2) is 48.8 Å². The number of hydrogen-bond acceptors (Lipinski definition) is 4. The van der Waals surface area contributed by atoms with Crippen LogP contribution in [0.25, 0.3) is 11.3 Å². The number of halogens is 1. The molecule has 1 aliphatic rings. The minimum absolute atomic E-state index is 0.0564. The quantitative estimate of drug-likeness (QED) is 0.725. The van der Waals surface area contributed by atoms with Crippen LogP contribution in [0.2, 0.25) is 0 Å². The number of aliphatic hydroxyl groups is 1. The fourth-order valence-corrected chi connectivity index (χ4v) is 3.70. The summed E-state index contributed by atoms with van der Waals surface area (Å²) in [5, 5.41) is 17.4. The van der Waals surface area contributed by atoms with Crippen molar-refractivity contribution in [3.63, 3.8) is 0 Å². The topological polar surface area (TPSA) is 87.0 Å². The first-order valence-corrected chi connectivity index (χ1v) is 9.29. The van der Waals surface area contributed by atoms with Crippen molar-refractivity contribution in [3.8, 4) is 11.3 Å². The maximum atomic E-state index is 13.9. The normalized spacial score (nSPS) is 16.3. The first-order chi connectivity index (χ1) is 13.5. The van der Waals surface area contributed by atoms with Crippen molar-refractivity contribution in [2.75, 3.05) is 13.1 Å². The lowest BCUT2D eigenvalue weighted by Gasteiger charge is -2.33. The van der Waals surface area contributed by atoms with Gasteiger partial charge in [-0.15, -0.1) is 0 Å². The Labute approximate surface area is 161 Å². The zero-order valence-electron chi connectivity index (χ0n) is 15.5. The summed E-state index contributed by atoms with van der Waals surface area (Å²) in [5.41, 5.74) is 1.09. The van der Waals surface area contributed by atoms with Crippen molar-refractivity contribution in [1.29, 1.82) is 0 Å². The molecule has 3 aromatic rings. The van der Waals surface area contributed by atoms with Gasteiger partial charge >= 0.3 is 0 Å². The number of benzene rings is 1. The molecule has 4 rings (SSSR count). The van der Waals surface area contributed by atoms with Crippen molar-refractivity contribution >= 4 is 5.91 Å². The summed E-state index contributed by atoms with van der Waals surface area (Å²) < 4.78 is 15.7. The molecule has 0 aliphatic carbocycles. The molecule has 1 aliphatic heterocycles. The Morgan fingerprint density at radius 2 is 2.07 bits per heavy atom. The molecule has 0 spiro atoms. The second-order valence-corrected chi connectivity index (χ2v) is 7.12. The molecule has 1 atom stereocenters. The zero-order chi connectivity index (χ0) is 19.7. The van der Waals surface area contributed by atoms with Gasteiger partial charge in [0.05, 0.1) is 5.69 Å². The Hall–Kier alpha value is -3.00. The highest BCUT2D eigenvalue weighted by Crippen LogP contribution is 2.30. The molecule has 1 aromatic carbocycles. The Morgan fingerprint density at radius 1 is 1.32 bits per heavy atom. The van der Waals surface area contributed by atoms with Gasteiger partial charge in [0.25, 0.3) is 5.91 Å². The van der Waals surface area contributed by atoms with E-state index in [1.165, 1.54) is 6.07 Å². The molecule has 2 aromatic heterocycles. The van der Waals surface area contributed by atoms with E-state index in [9.17, 15) is 14.3 Å². The number of aromatic nitrogens is 4. The van der Waals surface area contributed by atoms with Gasteiger partial charge in [-0.1, -0.05) is 12.1 Å². The minimum Gasteiger partial charge on any atom is -0.385 e. The number of aromatic amines is 1. The van der Waals surface area contributed by atoms with Crippen molar-refractivity contribution in [2.24, 2.45) is 13.0 Å². The molecule has 0 radical (unpaired) electrons. The number of aryl methyl sites for hydroxylation is 1. The van der Waals surface area contributed by atoms with Gasteiger partial charge in [0.2, 0.25) is 0 Å². The van der Waals surface area contributed by atoms with E-state index < -0.39 is 6.10 Å². The number of nitrogens with zero attached hydrogens (tertiary/aromatic N) is 4. The van der Waals surface area contributed by atoms with E-state index in [1.807, 2.05) is 17.8 Å². The van der Waals surface area contributed by atoms with Gasteiger partial charge < -0.3 is 14.6 Å². The van der Waals surface area contributed by atoms with E-state index in [0.717, 1.165) is 0 Å². The number of hydrogen-bond donors (Lipinski definition) is 2. The van der Waals surface area contributed by atoms with Gasteiger partial charge in [0.1, 0.15) is 23.4 Å². The highest BCUT2D eigenvalue weighted by atomic mass is 19.1. The van der Waals surface area contributed by atoms with Gasteiger partial charge in [-0.2, -0.15) is 5.10 Å². The summed E-state index contributed by atoms with van der Waals surface area (Å²) in [7, 11) is 1.86. The second-order valence-electron chi connectivity index (χ2n) is 7.12. The van der Waals surface area contributed by atoms with Crippen LogP contribution in [0, 0.1) is 11.7 Å². The summed E-state index contributed by atoms with van der Waals surface area (Å²) >= 11 is 0. The predicted molar refractivity (Wildman–Crippen MR) is 101 cm³/mol. The van der Waals surface area contributed by atoms with Gasteiger partial charge in [-0.05, 0) is 37.0 Å². The number of amides is 1. The standard InChI is InChI=1S/C20H22FN5O2/c1-25-11-8-22-19(25)18(27)13-6-9-26(10-7-13)20(28)17-12-16(23-24-17)14-4-2-3-5-15(14)21/h2-5,8,11-13,18,27H,6-7,9-10H2,1H3,(H,23,24)/t18-/m1/s1. The number of carbonyl (C=O) groups is 1. The third-order valence-electron chi connectivity index (χ3n) is 5.35. The van der Waals surface area contributed by atoms with Gasteiger partial charge in [0, 0.05) is 38.1 Å². The monoisotopic (exact) mass is 383 g/mol. The van der Waals surface area contributed by atoms with Crippen molar-refractivity contribution < 1.29 is 14.3 Å². The average molecular weight is 383 g/mol.